The van der Waals surface area contributed by atoms with Gasteiger partial charge in [0.25, 0.3) is 0 Å². The van der Waals surface area contributed by atoms with Crippen LogP contribution in [0.2, 0.25) is 0 Å². The molecule has 0 saturated carbocycles. The average Bonchev–Trinajstić information content (AvgIpc) is 3.25. The molecule has 3 heteroatoms. The third-order valence-corrected chi connectivity index (χ3v) is 9.63. The van der Waals surface area contributed by atoms with Crippen LogP contribution in [-0.4, -0.2) is 13.9 Å². The lowest BCUT2D eigenvalue weighted by atomic mass is 9.46. The fraction of sp³-hybridized carbons (Fsp3) is 0.290. The molecule has 0 spiro atoms. The molecule has 0 unspecified atom stereocenters. The second-order valence-electron chi connectivity index (χ2n) is 10.3. The van der Waals surface area contributed by atoms with E-state index in [-0.39, 0.29) is 0 Å². The lowest BCUT2D eigenvalue weighted by Crippen LogP contribution is -2.58. The van der Waals surface area contributed by atoms with Gasteiger partial charge in [0.2, 0.25) is 0 Å². The Morgan fingerprint density at radius 1 is 0.706 bits per heavy atom. The first kappa shape index (κ1) is 20.6. The molecule has 2 heterocycles. The van der Waals surface area contributed by atoms with Crippen LogP contribution in [0.3, 0.4) is 0 Å². The van der Waals surface area contributed by atoms with Crippen LogP contribution >= 0.6 is 11.3 Å². The van der Waals surface area contributed by atoms with Crippen LogP contribution in [0.15, 0.2) is 66.7 Å². The Morgan fingerprint density at radius 2 is 1.38 bits per heavy atom. The van der Waals surface area contributed by atoms with E-state index in [1.165, 1.54) is 59.1 Å². The van der Waals surface area contributed by atoms with E-state index in [4.69, 9.17) is 0 Å². The second kappa shape index (κ2) is 8.17. The van der Waals surface area contributed by atoms with Crippen molar-refractivity contribution in [3.05, 3.63) is 99.4 Å². The molecule has 0 fully saturated rings. The molecule has 4 bridgehead atoms. The Balaban J connectivity index is 1.49. The van der Waals surface area contributed by atoms with Gasteiger partial charge in [-0.25, -0.2) is 0 Å². The second-order valence-corrected chi connectivity index (χ2v) is 11.4. The average molecular weight is 459 g/mol. The fourth-order valence-corrected chi connectivity index (χ4v) is 8.09. The Morgan fingerprint density at radius 3 is 2.15 bits per heavy atom. The molecule has 1 nitrogen and oxygen atoms in total. The van der Waals surface area contributed by atoms with Crippen molar-refractivity contribution >= 4 is 34.8 Å². The summed E-state index contributed by atoms with van der Waals surface area (Å²) in [5.74, 6) is 0. The van der Waals surface area contributed by atoms with Crippen LogP contribution in [0.4, 0.5) is 5.69 Å². The van der Waals surface area contributed by atoms with Gasteiger partial charge in [-0.05, 0) is 91.7 Å². The molecule has 34 heavy (non-hydrogen) atoms. The van der Waals surface area contributed by atoms with Crippen molar-refractivity contribution in [2.45, 2.75) is 51.4 Å². The van der Waals surface area contributed by atoms with Crippen LogP contribution < -0.4 is 15.7 Å². The number of rotatable bonds is 1. The molecular weight excluding hydrogens is 429 g/mol. The van der Waals surface area contributed by atoms with E-state index in [2.05, 4.69) is 89.9 Å². The molecule has 6 aliphatic rings. The molecule has 1 aliphatic heterocycles. The number of thiophene rings is 1. The SMILES string of the molecule is CN1B(c2ccccc2)c2c(sc3c2CCCC3)-c2c3ccc(c21)CCc1ccc(cc1)CC3. The monoisotopic (exact) mass is 459 g/mol. The van der Waals surface area contributed by atoms with Crippen molar-refractivity contribution in [1.29, 1.82) is 0 Å². The van der Waals surface area contributed by atoms with Gasteiger partial charge in [0, 0.05) is 21.0 Å². The molecule has 5 aliphatic carbocycles. The molecule has 0 atom stereocenters. The zero-order chi connectivity index (χ0) is 22.6. The first-order valence-electron chi connectivity index (χ1n) is 12.9. The molecule has 1 aromatic heterocycles. The summed E-state index contributed by atoms with van der Waals surface area (Å²) < 4.78 is 0. The van der Waals surface area contributed by atoms with Gasteiger partial charge in [0.15, 0.2) is 0 Å². The van der Waals surface area contributed by atoms with Crippen molar-refractivity contribution < 1.29 is 0 Å². The zero-order valence-corrected chi connectivity index (χ0v) is 20.8. The molecular formula is C31H30BNS. The highest BCUT2D eigenvalue weighted by molar-refractivity contribution is 7.18. The molecule has 0 amide bonds. The summed E-state index contributed by atoms with van der Waals surface area (Å²) in [5, 5.41) is 0. The van der Waals surface area contributed by atoms with Crippen molar-refractivity contribution in [1.82, 2.24) is 0 Å². The number of hydrogen-bond acceptors (Lipinski definition) is 2. The molecule has 3 aromatic carbocycles. The van der Waals surface area contributed by atoms with Gasteiger partial charge in [-0.2, -0.15) is 0 Å². The van der Waals surface area contributed by atoms with Crippen molar-refractivity contribution in [3.8, 4) is 10.4 Å². The number of nitrogens with zero attached hydrogens (tertiary/aromatic N) is 1. The third-order valence-electron chi connectivity index (χ3n) is 8.30. The molecule has 0 N–H and O–H groups in total. The zero-order valence-electron chi connectivity index (χ0n) is 19.9. The summed E-state index contributed by atoms with van der Waals surface area (Å²) in [6.45, 7) is 0.307. The fourth-order valence-electron chi connectivity index (χ4n) is 6.59. The van der Waals surface area contributed by atoms with Gasteiger partial charge in [0.1, 0.15) is 0 Å². The first-order valence-corrected chi connectivity index (χ1v) is 13.7. The molecule has 10 rings (SSSR count). The largest absolute Gasteiger partial charge is 0.409 e. The number of fused-ring (bicyclic) bond motifs is 3. The van der Waals surface area contributed by atoms with Gasteiger partial charge in [-0.1, -0.05) is 72.2 Å². The Hall–Kier alpha value is -2.78. The van der Waals surface area contributed by atoms with Crippen LogP contribution in [0, 0.1) is 0 Å². The highest BCUT2D eigenvalue weighted by Crippen LogP contribution is 2.46. The maximum absolute atomic E-state index is 2.64. The third kappa shape index (κ3) is 3.21. The van der Waals surface area contributed by atoms with Crippen molar-refractivity contribution in [2.24, 2.45) is 0 Å². The van der Waals surface area contributed by atoms with Gasteiger partial charge in [0.05, 0.1) is 0 Å². The molecule has 4 aromatic rings. The van der Waals surface area contributed by atoms with Crippen molar-refractivity contribution in [2.75, 3.05) is 11.9 Å². The first-order chi connectivity index (χ1) is 16.8. The lowest BCUT2D eigenvalue weighted by molar-refractivity contribution is 0.699. The summed E-state index contributed by atoms with van der Waals surface area (Å²) in [6, 6.07) is 25.5. The van der Waals surface area contributed by atoms with Gasteiger partial charge in [-0.15, -0.1) is 11.3 Å². The minimum absolute atomic E-state index is 0.307. The maximum Gasteiger partial charge on any atom is 0.325 e. The summed E-state index contributed by atoms with van der Waals surface area (Å²) in [6.07, 6.45) is 9.58. The van der Waals surface area contributed by atoms with E-state index in [0.29, 0.717) is 6.85 Å². The highest BCUT2D eigenvalue weighted by atomic mass is 32.1. The topological polar surface area (TPSA) is 3.24 Å². The Labute approximate surface area is 207 Å². The van der Waals surface area contributed by atoms with Crippen LogP contribution in [-0.2, 0) is 38.5 Å². The van der Waals surface area contributed by atoms with Gasteiger partial charge < -0.3 is 4.81 Å². The summed E-state index contributed by atoms with van der Waals surface area (Å²) in [4.78, 5) is 5.88. The lowest BCUT2D eigenvalue weighted by Gasteiger charge is -2.38. The number of benzene rings is 3. The van der Waals surface area contributed by atoms with Crippen LogP contribution in [0.25, 0.3) is 10.4 Å². The predicted octanol–water partition coefficient (Wildman–Crippen LogP) is 5.73. The summed E-state index contributed by atoms with van der Waals surface area (Å²) >= 11 is 2.12. The summed E-state index contributed by atoms with van der Waals surface area (Å²) in [7, 11) is 2.36. The number of hydrogen-bond donors (Lipinski definition) is 0. The normalized spacial score (nSPS) is 16.5. The van der Waals surface area contributed by atoms with E-state index in [1.54, 1.807) is 26.3 Å². The van der Waals surface area contributed by atoms with Crippen LogP contribution in [0.5, 0.6) is 0 Å². The number of anilines is 1. The van der Waals surface area contributed by atoms with Crippen LogP contribution in [0.1, 0.15) is 45.5 Å². The quantitative estimate of drug-likeness (QED) is 0.329. The van der Waals surface area contributed by atoms with Gasteiger partial charge >= 0.3 is 6.85 Å². The maximum atomic E-state index is 2.64. The smallest absolute Gasteiger partial charge is 0.325 e. The Bertz CT molecular complexity index is 1370. The molecule has 0 saturated heterocycles. The van der Waals surface area contributed by atoms with Gasteiger partial charge in [-0.3, -0.25) is 0 Å². The van der Waals surface area contributed by atoms with E-state index in [1.807, 2.05) is 0 Å². The molecule has 168 valence electrons. The minimum atomic E-state index is 0.307. The van der Waals surface area contributed by atoms with E-state index < -0.39 is 0 Å². The van der Waals surface area contributed by atoms with E-state index >= 15 is 0 Å². The Kier molecular flexibility index (Phi) is 4.94. The number of aryl methyl sites for hydroxylation is 5. The van der Waals surface area contributed by atoms with Crippen molar-refractivity contribution in [3.63, 3.8) is 0 Å². The standard InChI is InChI=1S/C31H30BNS/c1-33-30-24-18-16-22-13-11-21(12-14-22)15-17-23(19-20-24)28(30)31-29(26-9-5-6-10-27(26)34-31)32(33)25-7-3-2-4-8-25/h2-4,7-8,11-14,19-20H,5-6,9-10,15-18H2,1H3. The molecule has 0 radical (unpaired) electrons. The van der Waals surface area contributed by atoms with E-state index in [0.717, 1.165) is 25.7 Å². The highest BCUT2D eigenvalue weighted by Gasteiger charge is 2.40. The predicted molar refractivity (Wildman–Crippen MR) is 148 cm³/mol. The minimum Gasteiger partial charge on any atom is -0.409 e. The van der Waals surface area contributed by atoms with E-state index in [9.17, 15) is 0 Å². The summed E-state index contributed by atoms with van der Waals surface area (Å²) in [5.41, 5.74) is 13.7.